The van der Waals surface area contributed by atoms with Gasteiger partial charge in [-0.05, 0) is 25.0 Å². The van der Waals surface area contributed by atoms with Crippen LogP contribution in [0.5, 0.6) is 0 Å². The minimum absolute atomic E-state index is 0.0283. The van der Waals surface area contributed by atoms with Gasteiger partial charge in [0.15, 0.2) is 0 Å². The molecule has 98 valence electrons. The molecule has 1 aromatic carbocycles. The Morgan fingerprint density at radius 1 is 1.33 bits per heavy atom. The van der Waals surface area contributed by atoms with Gasteiger partial charge in [-0.2, -0.15) is 0 Å². The van der Waals surface area contributed by atoms with E-state index in [-0.39, 0.29) is 10.6 Å². The number of hydrogen-bond donors (Lipinski definition) is 1. The molecule has 1 aliphatic rings. The highest BCUT2D eigenvalue weighted by Crippen LogP contribution is 2.45. The first kappa shape index (κ1) is 13.8. The predicted octanol–water partition coefficient (Wildman–Crippen LogP) is 4.53. The Balaban J connectivity index is 2.63. The molecule has 1 aliphatic carbocycles. The summed E-state index contributed by atoms with van der Waals surface area (Å²) in [6, 6.07) is 3.04. The number of hydrogen-bond acceptors (Lipinski definition) is 1. The second kappa shape index (κ2) is 5.17. The lowest BCUT2D eigenvalue weighted by atomic mass is 9.69. The summed E-state index contributed by atoms with van der Waals surface area (Å²) in [7, 11) is 0. The lowest BCUT2D eigenvalue weighted by molar-refractivity contribution is -0.145. The van der Waals surface area contributed by atoms with E-state index in [1.165, 1.54) is 6.07 Å². The molecule has 0 heterocycles. The molecular weight excluding hydrogens is 322 g/mol. The van der Waals surface area contributed by atoms with Crippen LogP contribution in [0.4, 0.5) is 4.39 Å². The minimum Gasteiger partial charge on any atom is -0.481 e. The first-order chi connectivity index (χ1) is 8.49. The molecule has 0 saturated heterocycles. The molecule has 0 atom stereocenters. The fourth-order valence-corrected chi connectivity index (χ4v) is 3.54. The number of halogens is 3. The van der Waals surface area contributed by atoms with Crippen molar-refractivity contribution in [3.63, 3.8) is 0 Å². The van der Waals surface area contributed by atoms with Gasteiger partial charge >= 0.3 is 5.97 Å². The van der Waals surface area contributed by atoms with Crippen molar-refractivity contribution < 1.29 is 14.3 Å². The van der Waals surface area contributed by atoms with Gasteiger partial charge in [0.05, 0.1) is 10.4 Å². The Morgan fingerprint density at radius 2 is 1.94 bits per heavy atom. The molecule has 2 rings (SSSR count). The number of carbonyl (C=O) groups is 1. The van der Waals surface area contributed by atoms with Crippen LogP contribution in [-0.4, -0.2) is 11.1 Å². The molecule has 0 bridgehead atoms. The molecule has 0 aromatic heterocycles. The quantitative estimate of drug-likeness (QED) is 0.806. The fraction of sp³-hybridized carbons (Fsp3) is 0.462. The maximum Gasteiger partial charge on any atom is 0.314 e. The molecule has 5 heteroatoms. The third-order valence-electron chi connectivity index (χ3n) is 3.64. The van der Waals surface area contributed by atoms with Gasteiger partial charge in [0, 0.05) is 10.0 Å². The predicted molar refractivity (Wildman–Crippen MR) is 71.5 cm³/mol. The van der Waals surface area contributed by atoms with Crippen LogP contribution >= 0.6 is 27.5 Å². The van der Waals surface area contributed by atoms with Crippen molar-refractivity contribution in [3.05, 3.63) is 33.0 Å². The van der Waals surface area contributed by atoms with Crippen molar-refractivity contribution >= 4 is 33.5 Å². The maximum atomic E-state index is 14.2. The van der Waals surface area contributed by atoms with Crippen LogP contribution in [0.3, 0.4) is 0 Å². The Morgan fingerprint density at radius 3 is 2.50 bits per heavy atom. The van der Waals surface area contributed by atoms with Crippen molar-refractivity contribution in [1.82, 2.24) is 0 Å². The van der Waals surface area contributed by atoms with E-state index in [0.717, 1.165) is 19.3 Å². The van der Waals surface area contributed by atoms with Crippen molar-refractivity contribution in [2.24, 2.45) is 0 Å². The maximum absolute atomic E-state index is 14.2. The number of carboxylic acid groups (broad SMARTS) is 1. The summed E-state index contributed by atoms with van der Waals surface area (Å²) in [4.78, 5) is 11.7. The van der Waals surface area contributed by atoms with Gasteiger partial charge in [-0.1, -0.05) is 46.8 Å². The summed E-state index contributed by atoms with van der Waals surface area (Å²) in [6.07, 6.45) is 3.50. The summed E-state index contributed by atoms with van der Waals surface area (Å²) in [5.41, 5.74) is -0.950. The van der Waals surface area contributed by atoms with E-state index >= 15 is 0 Å². The average Bonchev–Trinajstić information content (AvgIpc) is 2.35. The zero-order chi connectivity index (χ0) is 13.3. The molecule has 1 N–H and O–H groups in total. The van der Waals surface area contributed by atoms with E-state index in [2.05, 4.69) is 15.9 Å². The van der Waals surface area contributed by atoms with Gasteiger partial charge in [-0.15, -0.1) is 0 Å². The molecule has 0 spiro atoms. The van der Waals surface area contributed by atoms with Crippen molar-refractivity contribution in [2.45, 2.75) is 37.5 Å². The second-order valence-electron chi connectivity index (χ2n) is 4.67. The van der Waals surface area contributed by atoms with Gasteiger partial charge in [0.2, 0.25) is 0 Å². The van der Waals surface area contributed by atoms with Gasteiger partial charge < -0.3 is 5.11 Å². The summed E-state index contributed by atoms with van der Waals surface area (Å²) in [6.45, 7) is 0. The number of benzene rings is 1. The van der Waals surface area contributed by atoms with E-state index in [4.69, 9.17) is 11.6 Å². The minimum atomic E-state index is -1.15. The van der Waals surface area contributed by atoms with Crippen LogP contribution in [0.25, 0.3) is 0 Å². The van der Waals surface area contributed by atoms with Crippen molar-refractivity contribution in [1.29, 1.82) is 0 Å². The Kier molecular flexibility index (Phi) is 3.97. The largest absolute Gasteiger partial charge is 0.481 e. The van der Waals surface area contributed by atoms with Gasteiger partial charge in [0.25, 0.3) is 0 Å². The molecule has 18 heavy (non-hydrogen) atoms. The first-order valence-corrected chi connectivity index (χ1v) is 7.03. The number of rotatable bonds is 2. The smallest absolute Gasteiger partial charge is 0.314 e. The number of aliphatic carboxylic acids is 1. The van der Waals surface area contributed by atoms with Gasteiger partial charge in [-0.3, -0.25) is 4.79 Å². The standard InChI is InChI=1S/C13H13BrClFO2/c14-8-4-5-9(15)11(16)10(8)13(12(17)18)6-2-1-3-7-13/h4-5H,1-3,6-7H2,(H,17,18). The lowest BCUT2D eigenvalue weighted by Crippen LogP contribution is -2.39. The molecule has 0 unspecified atom stereocenters. The SMILES string of the molecule is O=C(O)C1(c2c(Br)ccc(Cl)c2F)CCCCC1. The summed E-state index contributed by atoms with van der Waals surface area (Å²) in [5.74, 6) is -1.58. The Labute approximate surface area is 118 Å². The molecule has 1 saturated carbocycles. The van der Waals surface area contributed by atoms with E-state index in [0.29, 0.717) is 17.3 Å². The molecule has 0 amide bonds. The fourth-order valence-electron chi connectivity index (χ4n) is 2.69. The topological polar surface area (TPSA) is 37.3 Å². The number of carboxylic acids is 1. The second-order valence-corrected chi connectivity index (χ2v) is 5.93. The van der Waals surface area contributed by atoms with E-state index < -0.39 is 17.2 Å². The van der Waals surface area contributed by atoms with Crippen LogP contribution in [0.2, 0.25) is 5.02 Å². The average molecular weight is 336 g/mol. The van der Waals surface area contributed by atoms with Crippen LogP contribution in [-0.2, 0) is 10.2 Å². The third-order valence-corrected chi connectivity index (χ3v) is 4.59. The van der Waals surface area contributed by atoms with Crippen LogP contribution in [0, 0.1) is 5.82 Å². The molecule has 1 fully saturated rings. The van der Waals surface area contributed by atoms with Crippen molar-refractivity contribution in [2.75, 3.05) is 0 Å². The zero-order valence-corrected chi connectivity index (χ0v) is 12.0. The molecule has 1 aromatic rings. The third kappa shape index (κ3) is 2.16. The molecular formula is C13H13BrClFO2. The molecule has 2 nitrogen and oxygen atoms in total. The molecule has 0 aliphatic heterocycles. The lowest BCUT2D eigenvalue weighted by Gasteiger charge is -2.34. The Hall–Kier alpha value is -0.610. The van der Waals surface area contributed by atoms with Gasteiger partial charge in [-0.25, -0.2) is 4.39 Å². The normalized spacial score (nSPS) is 18.6. The summed E-state index contributed by atoms with van der Waals surface area (Å²) >= 11 is 9.04. The van der Waals surface area contributed by atoms with E-state index in [1.807, 2.05) is 0 Å². The van der Waals surface area contributed by atoms with Crippen molar-refractivity contribution in [3.8, 4) is 0 Å². The first-order valence-electron chi connectivity index (χ1n) is 5.86. The highest BCUT2D eigenvalue weighted by molar-refractivity contribution is 9.10. The molecule has 0 radical (unpaired) electrons. The highest BCUT2D eigenvalue weighted by atomic mass is 79.9. The van der Waals surface area contributed by atoms with E-state index in [9.17, 15) is 14.3 Å². The van der Waals surface area contributed by atoms with Crippen LogP contribution in [0.1, 0.15) is 37.7 Å². The highest BCUT2D eigenvalue weighted by Gasteiger charge is 2.44. The van der Waals surface area contributed by atoms with Crippen LogP contribution in [0.15, 0.2) is 16.6 Å². The van der Waals surface area contributed by atoms with Gasteiger partial charge in [0.1, 0.15) is 5.82 Å². The summed E-state index contributed by atoms with van der Waals surface area (Å²) < 4.78 is 14.7. The Bertz CT molecular complexity index is 484. The zero-order valence-electron chi connectivity index (χ0n) is 9.68. The van der Waals surface area contributed by atoms with E-state index in [1.54, 1.807) is 6.07 Å². The van der Waals surface area contributed by atoms with Crippen LogP contribution < -0.4 is 0 Å². The summed E-state index contributed by atoms with van der Waals surface area (Å²) in [5, 5.41) is 9.52. The monoisotopic (exact) mass is 334 g/mol.